The maximum atomic E-state index is 11.0. The fourth-order valence-electron chi connectivity index (χ4n) is 2.27. The van der Waals surface area contributed by atoms with Gasteiger partial charge in [0.2, 0.25) is 5.91 Å². The third-order valence-electron chi connectivity index (χ3n) is 3.24. The van der Waals surface area contributed by atoms with Gasteiger partial charge < -0.3 is 15.6 Å². The van der Waals surface area contributed by atoms with Gasteiger partial charge >= 0.3 is 0 Å². The van der Waals surface area contributed by atoms with E-state index in [4.69, 9.17) is 5.73 Å². The number of imidazole rings is 1. The summed E-state index contributed by atoms with van der Waals surface area (Å²) in [5.74, 6) is 0.915. The van der Waals surface area contributed by atoms with Gasteiger partial charge in [0.05, 0.1) is 17.6 Å². The van der Waals surface area contributed by atoms with E-state index in [9.17, 15) is 4.79 Å². The maximum absolute atomic E-state index is 11.0. The molecule has 3 N–H and O–H groups in total. The minimum Gasteiger partial charge on any atom is -0.355 e. The lowest BCUT2D eigenvalue weighted by atomic mass is 10.1. The third kappa shape index (κ3) is 2.93. The lowest BCUT2D eigenvalue weighted by Gasteiger charge is -2.05. The number of carbonyl (C=O) groups excluding carboxylic acids is 1. The summed E-state index contributed by atoms with van der Waals surface area (Å²) in [6.07, 6.45) is 0.791. The fraction of sp³-hybridized carbons (Fsp3) is 0.429. The topological polar surface area (TPSA) is 72.9 Å². The minimum atomic E-state index is -0.118. The number of carbonyl (C=O) groups is 1. The molecule has 1 heterocycles. The quantitative estimate of drug-likeness (QED) is 0.841. The second-order valence-corrected chi connectivity index (χ2v) is 4.53. The molecule has 0 aliphatic rings. The van der Waals surface area contributed by atoms with Crippen molar-refractivity contribution in [2.75, 3.05) is 13.1 Å². The Morgan fingerprint density at radius 1 is 1.47 bits per heavy atom. The van der Waals surface area contributed by atoms with E-state index in [2.05, 4.69) is 40.0 Å². The van der Waals surface area contributed by atoms with Crippen molar-refractivity contribution in [3.63, 3.8) is 0 Å². The number of aromatic nitrogens is 2. The van der Waals surface area contributed by atoms with Crippen LogP contribution in [0.25, 0.3) is 11.0 Å². The predicted molar refractivity (Wildman–Crippen MR) is 75.9 cm³/mol. The zero-order valence-corrected chi connectivity index (χ0v) is 11.4. The normalized spacial score (nSPS) is 10.9. The molecule has 5 heteroatoms. The zero-order chi connectivity index (χ0) is 13.8. The summed E-state index contributed by atoms with van der Waals surface area (Å²) in [7, 11) is 0. The van der Waals surface area contributed by atoms with E-state index in [-0.39, 0.29) is 12.5 Å². The number of aryl methyl sites for hydroxylation is 2. The van der Waals surface area contributed by atoms with Gasteiger partial charge in [0, 0.05) is 13.1 Å². The van der Waals surface area contributed by atoms with Crippen LogP contribution in [-0.4, -0.2) is 28.5 Å². The number of hydrogen-bond donors (Lipinski definition) is 2. The van der Waals surface area contributed by atoms with E-state index in [0.717, 1.165) is 29.8 Å². The van der Waals surface area contributed by atoms with Crippen molar-refractivity contribution in [1.82, 2.24) is 14.9 Å². The van der Waals surface area contributed by atoms with E-state index < -0.39 is 0 Å². The number of hydrogen-bond acceptors (Lipinski definition) is 3. The van der Waals surface area contributed by atoms with E-state index in [1.165, 1.54) is 5.56 Å². The Labute approximate surface area is 112 Å². The molecular formula is C14H20N4O. The molecule has 2 rings (SSSR count). The van der Waals surface area contributed by atoms with E-state index in [1.54, 1.807) is 0 Å². The largest absolute Gasteiger partial charge is 0.355 e. The Balaban J connectivity index is 2.11. The number of amides is 1. The average molecular weight is 260 g/mol. The van der Waals surface area contributed by atoms with Crippen LogP contribution in [0, 0.1) is 6.92 Å². The van der Waals surface area contributed by atoms with Gasteiger partial charge in [-0.25, -0.2) is 4.98 Å². The van der Waals surface area contributed by atoms with Crippen molar-refractivity contribution in [2.45, 2.75) is 26.8 Å². The molecular weight excluding hydrogens is 240 g/mol. The third-order valence-corrected chi connectivity index (χ3v) is 3.24. The first-order chi connectivity index (χ1) is 9.15. The highest BCUT2D eigenvalue weighted by Gasteiger charge is 2.06. The van der Waals surface area contributed by atoms with Crippen molar-refractivity contribution in [3.8, 4) is 0 Å². The second-order valence-electron chi connectivity index (χ2n) is 4.53. The van der Waals surface area contributed by atoms with Crippen molar-refractivity contribution in [3.05, 3.63) is 29.6 Å². The number of nitrogens with zero attached hydrogens (tertiary/aromatic N) is 2. The molecule has 2 aromatic rings. The molecule has 0 aliphatic carbocycles. The molecule has 1 amide bonds. The summed E-state index contributed by atoms with van der Waals surface area (Å²) in [6, 6.07) is 6.27. The number of benzene rings is 1. The van der Waals surface area contributed by atoms with Crippen LogP contribution >= 0.6 is 0 Å². The maximum Gasteiger partial charge on any atom is 0.233 e. The number of nitrogens with one attached hydrogen (secondary N) is 1. The SMILES string of the molecule is CCn1c(C)nc2cc(CCNC(=O)CN)ccc21. The first kappa shape index (κ1) is 13.5. The lowest BCUT2D eigenvalue weighted by Crippen LogP contribution is -2.31. The predicted octanol–water partition coefficient (Wildman–Crippen LogP) is 0.982. The molecule has 0 saturated carbocycles. The van der Waals surface area contributed by atoms with Crippen LogP contribution in [0.4, 0.5) is 0 Å². The highest BCUT2D eigenvalue weighted by molar-refractivity contribution is 5.78. The standard InChI is InChI=1S/C14H20N4O/c1-3-18-10(2)17-12-8-11(4-5-13(12)18)6-7-16-14(19)9-15/h4-5,8H,3,6-7,9,15H2,1-2H3,(H,16,19). The average Bonchev–Trinajstić information content (AvgIpc) is 2.72. The summed E-state index contributed by atoms with van der Waals surface area (Å²) >= 11 is 0. The van der Waals surface area contributed by atoms with Crippen LogP contribution in [0.5, 0.6) is 0 Å². The summed E-state index contributed by atoms with van der Waals surface area (Å²) in [5.41, 5.74) is 8.59. The van der Waals surface area contributed by atoms with Gasteiger partial charge in [0.1, 0.15) is 5.82 Å². The molecule has 102 valence electrons. The minimum absolute atomic E-state index is 0.0408. The molecule has 0 aliphatic heterocycles. The molecule has 0 saturated heterocycles. The van der Waals surface area contributed by atoms with E-state index >= 15 is 0 Å². The van der Waals surface area contributed by atoms with Crippen LogP contribution in [0.1, 0.15) is 18.3 Å². The van der Waals surface area contributed by atoms with Gasteiger partial charge in [0.15, 0.2) is 0 Å². The van der Waals surface area contributed by atoms with E-state index in [0.29, 0.717) is 6.54 Å². The smallest absolute Gasteiger partial charge is 0.233 e. The number of rotatable bonds is 5. The monoisotopic (exact) mass is 260 g/mol. The van der Waals surface area contributed by atoms with Crippen LogP contribution < -0.4 is 11.1 Å². The fourth-order valence-corrected chi connectivity index (χ4v) is 2.27. The molecule has 1 aromatic carbocycles. The second kappa shape index (κ2) is 5.84. The van der Waals surface area contributed by atoms with Crippen LogP contribution in [0.3, 0.4) is 0 Å². The lowest BCUT2D eigenvalue weighted by molar-refractivity contribution is -0.119. The first-order valence-corrected chi connectivity index (χ1v) is 6.58. The summed E-state index contributed by atoms with van der Waals surface area (Å²) in [4.78, 5) is 15.6. The molecule has 5 nitrogen and oxygen atoms in total. The first-order valence-electron chi connectivity index (χ1n) is 6.58. The Bertz CT molecular complexity index is 588. The number of fused-ring (bicyclic) bond motifs is 1. The van der Waals surface area contributed by atoms with Gasteiger partial charge in [-0.2, -0.15) is 0 Å². The molecule has 1 aromatic heterocycles. The Morgan fingerprint density at radius 3 is 2.95 bits per heavy atom. The van der Waals surface area contributed by atoms with Gasteiger partial charge in [-0.15, -0.1) is 0 Å². The molecule has 0 bridgehead atoms. The van der Waals surface area contributed by atoms with Gasteiger partial charge in [-0.1, -0.05) is 6.07 Å². The Kier molecular flexibility index (Phi) is 4.16. The molecule has 0 radical (unpaired) electrons. The van der Waals surface area contributed by atoms with Crippen molar-refractivity contribution in [2.24, 2.45) is 5.73 Å². The van der Waals surface area contributed by atoms with Gasteiger partial charge in [-0.05, 0) is 38.0 Å². The van der Waals surface area contributed by atoms with Crippen LogP contribution in [0.2, 0.25) is 0 Å². The summed E-state index contributed by atoms with van der Waals surface area (Å²) in [6.45, 7) is 5.71. The van der Waals surface area contributed by atoms with Gasteiger partial charge in [-0.3, -0.25) is 4.79 Å². The Hall–Kier alpha value is -1.88. The van der Waals surface area contributed by atoms with Crippen molar-refractivity contribution in [1.29, 1.82) is 0 Å². The zero-order valence-electron chi connectivity index (χ0n) is 11.4. The molecule has 0 fully saturated rings. The molecule has 0 atom stereocenters. The summed E-state index contributed by atoms with van der Waals surface area (Å²) in [5, 5.41) is 2.77. The van der Waals surface area contributed by atoms with Crippen LogP contribution in [-0.2, 0) is 17.8 Å². The van der Waals surface area contributed by atoms with Crippen molar-refractivity contribution < 1.29 is 4.79 Å². The van der Waals surface area contributed by atoms with Crippen molar-refractivity contribution >= 4 is 16.9 Å². The highest BCUT2D eigenvalue weighted by Crippen LogP contribution is 2.17. The molecule has 0 spiro atoms. The van der Waals surface area contributed by atoms with E-state index in [1.807, 2.05) is 6.92 Å². The molecule has 19 heavy (non-hydrogen) atoms. The number of nitrogens with two attached hydrogens (primary N) is 1. The Morgan fingerprint density at radius 2 is 2.26 bits per heavy atom. The van der Waals surface area contributed by atoms with Gasteiger partial charge in [0.25, 0.3) is 0 Å². The summed E-state index contributed by atoms with van der Waals surface area (Å²) < 4.78 is 2.19. The van der Waals surface area contributed by atoms with Crippen LogP contribution in [0.15, 0.2) is 18.2 Å². The molecule has 0 unspecified atom stereocenters. The highest BCUT2D eigenvalue weighted by atomic mass is 16.1.